The fraction of sp³-hybridized carbons (Fsp3) is 0.556. The number of nitrogens with zero attached hydrogens (tertiary/aromatic N) is 2. The Balaban J connectivity index is 2.74. The molecule has 7 nitrogen and oxygen atoms in total. The monoisotopic (exact) mass is 380 g/mol. The fourth-order valence-electron chi connectivity index (χ4n) is 2.27. The van der Waals surface area contributed by atoms with Gasteiger partial charge in [0, 0.05) is 18.8 Å². The van der Waals surface area contributed by atoms with Crippen molar-refractivity contribution < 1.29 is 13.2 Å². The molecule has 26 heavy (non-hydrogen) atoms. The molecule has 0 saturated carbocycles. The van der Waals surface area contributed by atoms with Crippen molar-refractivity contribution in [2.75, 3.05) is 25.0 Å². The molecule has 1 amide bonds. The van der Waals surface area contributed by atoms with E-state index in [0.717, 1.165) is 0 Å². The zero-order valence-corrected chi connectivity index (χ0v) is 16.9. The van der Waals surface area contributed by atoms with Gasteiger partial charge in [0.2, 0.25) is 15.9 Å². The van der Waals surface area contributed by atoms with Crippen LogP contribution in [0.3, 0.4) is 0 Å². The van der Waals surface area contributed by atoms with Gasteiger partial charge >= 0.3 is 0 Å². The number of nitrogens with one attached hydrogen (secondary N) is 2. The number of rotatable bonds is 9. The molecule has 0 radical (unpaired) electrons. The number of hydrogen-bond donors (Lipinski definition) is 2. The van der Waals surface area contributed by atoms with Gasteiger partial charge in [0.15, 0.2) is 0 Å². The van der Waals surface area contributed by atoms with Gasteiger partial charge in [-0.3, -0.25) is 4.79 Å². The molecule has 0 heterocycles. The van der Waals surface area contributed by atoms with Crippen molar-refractivity contribution in [1.82, 2.24) is 9.62 Å². The number of carbonyl (C=O) groups is 1. The van der Waals surface area contributed by atoms with Crippen LogP contribution in [-0.4, -0.2) is 43.8 Å². The average Bonchev–Trinajstić information content (AvgIpc) is 2.60. The van der Waals surface area contributed by atoms with Crippen LogP contribution in [0.25, 0.3) is 0 Å². The maximum absolute atomic E-state index is 12.4. The minimum Gasteiger partial charge on any atom is -0.376 e. The largest absolute Gasteiger partial charge is 0.376 e. The summed E-state index contributed by atoms with van der Waals surface area (Å²) in [6, 6.07) is 8.39. The molecule has 0 aliphatic heterocycles. The second kappa shape index (κ2) is 9.01. The van der Waals surface area contributed by atoms with Crippen LogP contribution in [0.2, 0.25) is 0 Å². The summed E-state index contributed by atoms with van der Waals surface area (Å²) in [5.74, 6) is -0.330. The lowest BCUT2D eigenvalue weighted by atomic mass is 9.90. The summed E-state index contributed by atoms with van der Waals surface area (Å²) >= 11 is 0. The highest BCUT2D eigenvalue weighted by Crippen LogP contribution is 2.18. The smallest absolute Gasteiger partial charge is 0.243 e. The third-order valence-corrected chi connectivity index (χ3v) is 6.50. The predicted molar refractivity (Wildman–Crippen MR) is 102 cm³/mol. The molecule has 0 bridgehead atoms. The topological polar surface area (TPSA) is 102 Å². The first-order valence-corrected chi connectivity index (χ1v) is 10.1. The number of anilines is 1. The van der Waals surface area contributed by atoms with Crippen molar-refractivity contribution in [2.45, 2.75) is 45.1 Å². The molecule has 0 spiro atoms. The van der Waals surface area contributed by atoms with Gasteiger partial charge < -0.3 is 10.6 Å². The van der Waals surface area contributed by atoms with Gasteiger partial charge in [-0.1, -0.05) is 27.7 Å². The van der Waals surface area contributed by atoms with Crippen LogP contribution in [0.1, 0.15) is 34.6 Å². The van der Waals surface area contributed by atoms with E-state index in [2.05, 4.69) is 16.7 Å². The summed E-state index contributed by atoms with van der Waals surface area (Å²) in [4.78, 5) is 12.3. The maximum atomic E-state index is 12.4. The number of benzene rings is 1. The Hall–Kier alpha value is -2.11. The van der Waals surface area contributed by atoms with Crippen molar-refractivity contribution in [1.29, 1.82) is 5.26 Å². The molecule has 1 atom stereocenters. The van der Waals surface area contributed by atoms with Crippen LogP contribution in [-0.2, 0) is 14.8 Å². The Morgan fingerprint density at radius 2 is 1.77 bits per heavy atom. The summed E-state index contributed by atoms with van der Waals surface area (Å²) < 4.78 is 26.3. The lowest BCUT2D eigenvalue weighted by molar-refractivity contribution is -0.121. The molecule has 1 unspecified atom stereocenters. The van der Waals surface area contributed by atoms with Crippen LogP contribution in [0.15, 0.2) is 29.2 Å². The molecular formula is C18H28N4O3S. The zero-order valence-electron chi connectivity index (χ0n) is 16.0. The van der Waals surface area contributed by atoms with Crippen LogP contribution < -0.4 is 10.6 Å². The third kappa shape index (κ3) is 5.19. The molecule has 144 valence electrons. The van der Waals surface area contributed by atoms with Crippen LogP contribution in [0.4, 0.5) is 5.69 Å². The molecular weight excluding hydrogens is 352 g/mol. The van der Waals surface area contributed by atoms with Gasteiger partial charge in [-0.15, -0.1) is 0 Å². The van der Waals surface area contributed by atoms with Gasteiger partial charge in [-0.05, 0) is 37.1 Å². The Morgan fingerprint density at radius 1 is 1.23 bits per heavy atom. The number of sulfonamides is 1. The molecule has 1 aromatic carbocycles. The van der Waals surface area contributed by atoms with Gasteiger partial charge in [-0.25, -0.2) is 8.42 Å². The summed E-state index contributed by atoms with van der Waals surface area (Å²) in [5.41, 5.74) is -0.303. The van der Waals surface area contributed by atoms with E-state index in [0.29, 0.717) is 18.8 Å². The van der Waals surface area contributed by atoms with Crippen molar-refractivity contribution in [3.8, 4) is 6.07 Å². The summed E-state index contributed by atoms with van der Waals surface area (Å²) in [6.07, 6.45) is 0. The van der Waals surface area contributed by atoms with E-state index in [1.54, 1.807) is 32.9 Å². The molecule has 0 aromatic heterocycles. The maximum Gasteiger partial charge on any atom is 0.243 e. The number of hydrogen-bond acceptors (Lipinski definition) is 5. The molecule has 2 N–H and O–H groups in total. The van der Waals surface area contributed by atoms with Crippen molar-refractivity contribution in [3.05, 3.63) is 24.3 Å². The van der Waals surface area contributed by atoms with Gasteiger partial charge in [-0.2, -0.15) is 9.57 Å². The SMILES string of the molecule is CCN(CC)S(=O)(=O)c1ccc(NCC(=O)NC(C)(C#N)C(C)C)cc1. The van der Waals surface area contributed by atoms with Crippen LogP contribution >= 0.6 is 0 Å². The summed E-state index contributed by atoms with van der Waals surface area (Å²) in [7, 11) is -3.50. The molecule has 1 rings (SSSR count). The normalized spacial score (nSPS) is 13.9. The van der Waals surface area contributed by atoms with Gasteiger partial charge in [0.1, 0.15) is 5.54 Å². The van der Waals surface area contributed by atoms with Crippen LogP contribution in [0, 0.1) is 17.2 Å². The molecule has 0 aliphatic rings. The van der Waals surface area contributed by atoms with Crippen molar-refractivity contribution in [2.24, 2.45) is 5.92 Å². The Morgan fingerprint density at radius 3 is 2.19 bits per heavy atom. The Labute approximate surface area is 156 Å². The quantitative estimate of drug-likeness (QED) is 0.684. The van der Waals surface area contributed by atoms with E-state index in [1.165, 1.54) is 16.4 Å². The standard InChI is InChI=1S/C18H28N4O3S/c1-6-22(7-2)26(24,25)16-10-8-15(9-11-16)20-12-17(23)21-18(5,13-19)14(3)4/h8-11,14,20H,6-7,12H2,1-5H3,(H,21,23). The average molecular weight is 381 g/mol. The molecule has 0 fully saturated rings. The first kappa shape index (κ1) is 21.9. The fourth-order valence-corrected chi connectivity index (χ4v) is 3.73. The minimum absolute atomic E-state index is 0.00781. The minimum atomic E-state index is -3.50. The molecule has 1 aromatic rings. The summed E-state index contributed by atoms with van der Waals surface area (Å²) in [6.45, 7) is 9.81. The highest BCUT2D eigenvalue weighted by Gasteiger charge is 2.29. The van der Waals surface area contributed by atoms with Crippen LogP contribution in [0.5, 0.6) is 0 Å². The van der Waals surface area contributed by atoms with Crippen molar-refractivity contribution >= 4 is 21.6 Å². The third-order valence-electron chi connectivity index (χ3n) is 4.44. The first-order chi connectivity index (χ1) is 12.1. The zero-order chi connectivity index (χ0) is 20.0. The number of amides is 1. The number of nitriles is 1. The second-order valence-corrected chi connectivity index (χ2v) is 8.42. The highest BCUT2D eigenvalue weighted by molar-refractivity contribution is 7.89. The molecule has 8 heteroatoms. The number of carbonyl (C=O) groups excluding carboxylic acids is 1. The van der Waals surface area contributed by atoms with Gasteiger partial charge in [0.25, 0.3) is 0 Å². The van der Waals surface area contributed by atoms with Gasteiger partial charge in [0.05, 0.1) is 17.5 Å². The lowest BCUT2D eigenvalue weighted by Gasteiger charge is -2.27. The second-order valence-electron chi connectivity index (χ2n) is 6.48. The van der Waals surface area contributed by atoms with E-state index in [-0.39, 0.29) is 23.3 Å². The molecule has 0 aliphatic carbocycles. The van der Waals surface area contributed by atoms with Crippen molar-refractivity contribution in [3.63, 3.8) is 0 Å². The lowest BCUT2D eigenvalue weighted by Crippen LogP contribution is -2.50. The summed E-state index contributed by atoms with van der Waals surface area (Å²) in [5, 5.41) is 14.9. The highest BCUT2D eigenvalue weighted by atomic mass is 32.2. The first-order valence-electron chi connectivity index (χ1n) is 8.67. The molecule has 0 saturated heterocycles. The van der Waals surface area contributed by atoms with E-state index in [9.17, 15) is 18.5 Å². The Bertz CT molecular complexity index is 750. The predicted octanol–water partition coefficient (Wildman–Crippen LogP) is 2.18. The van der Waals surface area contributed by atoms with E-state index in [1.807, 2.05) is 13.8 Å². The van der Waals surface area contributed by atoms with E-state index >= 15 is 0 Å². The Kier molecular flexibility index (Phi) is 7.60. The van der Waals surface area contributed by atoms with E-state index in [4.69, 9.17) is 0 Å². The van der Waals surface area contributed by atoms with E-state index < -0.39 is 15.6 Å².